The Morgan fingerprint density at radius 1 is 0.885 bits per heavy atom. The molecule has 0 radical (unpaired) electrons. The molecular weight excluding hydrogens is 322 g/mol. The number of hydrogen-bond acceptors (Lipinski definition) is 5. The van der Waals surface area contributed by atoms with E-state index in [2.05, 4.69) is 63.1 Å². The first-order valence-corrected chi connectivity index (χ1v) is 9.44. The van der Waals surface area contributed by atoms with Gasteiger partial charge in [0.15, 0.2) is 11.6 Å². The minimum atomic E-state index is 0.465. The molecule has 4 heterocycles. The van der Waals surface area contributed by atoms with Crippen LogP contribution in [0, 0.1) is 5.92 Å². The third kappa shape index (κ3) is 2.68. The number of aromatic nitrogens is 3. The van der Waals surface area contributed by atoms with E-state index in [1.54, 1.807) is 6.20 Å². The predicted molar refractivity (Wildman–Crippen MR) is 105 cm³/mol. The summed E-state index contributed by atoms with van der Waals surface area (Å²) in [6, 6.07) is 12.7. The number of benzene rings is 1. The second kappa shape index (κ2) is 6.24. The molecule has 0 N–H and O–H groups in total. The van der Waals surface area contributed by atoms with Crippen LogP contribution in [0.4, 0.5) is 11.6 Å². The van der Waals surface area contributed by atoms with Crippen LogP contribution in [-0.2, 0) is 0 Å². The minimum Gasteiger partial charge on any atom is -0.353 e. The van der Waals surface area contributed by atoms with Gasteiger partial charge in [0.1, 0.15) is 0 Å². The Labute approximate surface area is 153 Å². The molecule has 2 aromatic heterocycles. The molecule has 3 aromatic rings. The van der Waals surface area contributed by atoms with Crippen molar-refractivity contribution in [2.45, 2.75) is 19.3 Å². The molecule has 0 bridgehead atoms. The number of pyridine rings is 1. The Bertz CT molecular complexity index is 934. The fraction of sp³-hybridized carbons (Fsp3) is 0.381. The van der Waals surface area contributed by atoms with Crippen molar-refractivity contribution in [2.24, 2.45) is 5.92 Å². The highest BCUT2D eigenvalue weighted by atomic mass is 15.3. The molecule has 2 saturated heterocycles. The zero-order valence-electron chi connectivity index (χ0n) is 15.0. The van der Waals surface area contributed by atoms with Crippen LogP contribution in [0.5, 0.6) is 0 Å². The molecule has 26 heavy (non-hydrogen) atoms. The first kappa shape index (κ1) is 15.6. The lowest BCUT2D eigenvalue weighted by molar-refractivity contribution is 0.509. The summed E-state index contributed by atoms with van der Waals surface area (Å²) < 4.78 is 0. The summed E-state index contributed by atoms with van der Waals surface area (Å²) in [5.41, 5.74) is 2.26. The average Bonchev–Trinajstić information content (AvgIpc) is 3.07. The summed E-state index contributed by atoms with van der Waals surface area (Å²) in [6.07, 6.45) is 4.85. The van der Waals surface area contributed by atoms with E-state index in [4.69, 9.17) is 4.98 Å². The standard InChI is InChI=1S/C21H23N5/c1-15-8-11-25(12-15)20-21(23-10-9-22-20)26-13-17(14-26)19-7-6-16-4-2-3-5-18(16)24-19/h2-7,9-10,15,17H,8,11-14H2,1H3. The Kier molecular flexibility index (Phi) is 3.73. The summed E-state index contributed by atoms with van der Waals surface area (Å²) in [5, 5.41) is 1.20. The topological polar surface area (TPSA) is 45.2 Å². The van der Waals surface area contributed by atoms with Gasteiger partial charge in [-0.05, 0) is 24.5 Å². The zero-order valence-corrected chi connectivity index (χ0v) is 15.0. The molecule has 0 amide bonds. The molecule has 132 valence electrons. The third-order valence-electron chi connectivity index (χ3n) is 5.60. The van der Waals surface area contributed by atoms with Gasteiger partial charge in [0.05, 0.1) is 5.52 Å². The van der Waals surface area contributed by atoms with Crippen LogP contribution in [0.3, 0.4) is 0 Å². The Balaban J connectivity index is 1.35. The molecule has 2 fully saturated rings. The molecule has 0 aliphatic carbocycles. The van der Waals surface area contributed by atoms with Crippen molar-refractivity contribution < 1.29 is 0 Å². The molecule has 2 aliphatic heterocycles. The van der Waals surface area contributed by atoms with Gasteiger partial charge in [0, 0.05) is 55.6 Å². The molecule has 5 rings (SSSR count). The monoisotopic (exact) mass is 345 g/mol. The van der Waals surface area contributed by atoms with Crippen LogP contribution in [0.15, 0.2) is 48.8 Å². The SMILES string of the molecule is CC1CCN(c2nccnc2N2CC(c3ccc4ccccc4n3)C2)C1. The van der Waals surface area contributed by atoms with Gasteiger partial charge in [-0.2, -0.15) is 0 Å². The lowest BCUT2D eigenvalue weighted by Crippen LogP contribution is -2.46. The fourth-order valence-corrected chi connectivity index (χ4v) is 4.04. The molecule has 0 spiro atoms. The highest BCUT2D eigenvalue weighted by Gasteiger charge is 2.33. The van der Waals surface area contributed by atoms with Crippen molar-refractivity contribution in [1.29, 1.82) is 0 Å². The summed E-state index contributed by atoms with van der Waals surface area (Å²) in [4.78, 5) is 18.9. The van der Waals surface area contributed by atoms with E-state index in [-0.39, 0.29) is 0 Å². The lowest BCUT2D eigenvalue weighted by atomic mass is 9.95. The van der Waals surface area contributed by atoms with Gasteiger partial charge < -0.3 is 9.80 Å². The van der Waals surface area contributed by atoms with Crippen LogP contribution < -0.4 is 9.80 Å². The molecule has 5 heteroatoms. The Hall–Kier alpha value is -2.69. The minimum absolute atomic E-state index is 0.465. The van der Waals surface area contributed by atoms with Crippen LogP contribution in [0.25, 0.3) is 10.9 Å². The fourth-order valence-electron chi connectivity index (χ4n) is 4.04. The molecular formula is C21H23N5. The van der Waals surface area contributed by atoms with Crippen molar-refractivity contribution >= 4 is 22.5 Å². The smallest absolute Gasteiger partial charge is 0.172 e. The first-order chi connectivity index (χ1) is 12.8. The van der Waals surface area contributed by atoms with Crippen LogP contribution in [0.1, 0.15) is 25.0 Å². The number of para-hydroxylation sites is 1. The first-order valence-electron chi connectivity index (χ1n) is 9.44. The van der Waals surface area contributed by atoms with Crippen molar-refractivity contribution in [3.8, 4) is 0 Å². The van der Waals surface area contributed by atoms with E-state index >= 15 is 0 Å². The number of nitrogens with zero attached hydrogens (tertiary/aromatic N) is 5. The van der Waals surface area contributed by atoms with Crippen molar-refractivity contribution in [1.82, 2.24) is 15.0 Å². The van der Waals surface area contributed by atoms with Crippen molar-refractivity contribution in [2.75, 3.05) is 36.0 Å². The number of rotatable bonds is 3. The third-order valence-corrected chi connectivity index (χ3v) is 5.60. The predicted octanol–water partition coefficient (Wildman–Crippen LogP) is 3.47. The Morgan fingerprint density at radius 2 is 1.65 bits per heavy atom. The lowest BCUT2D eigenvalue weighted by Gasteiger charge is -2.41. The summed E-state index contributed by atoms with van der Waals surface area (Å²) in [5.74, 6) is 3.27. The van der Waals surface area contributed by atoms with Crippen LogP contribution in [-0.4, -0.2) is 41.1 Å². The maximum Gasteiger partial charge on any atom is 0.172 e. The van der Waals surface area contributed by atoms with E-state index in [9.17, 15) is 0 Å². The van der Waals surface area contributed by atoms with Gasteiger partial charge >= 0.3 is 0 Å². The highest BCUT2D eigenvalue weighted by molar-refractivity contribution is 5.78. The maximum absolute atomic E-state index is 4.86. The Morgan fingerprint density at radius 3 is 2.42 bits per heavy atom. The summed E-state index contributed by atoms with van der Waals surface area (Å²) >= 11 is 0. The van der Waals surface area contributed by atoms with Gasteiger partial charge in [0.25, 0.3) is 0 Å². The van der Waals surface area contributed by atoms with Crippen LogP contribution in [0.2, 0.25) is 0 Å². The van der Waals surface area contributed by atoms with Gasteiger partial charge in [-0.25, -0.2) is 9.97 Å². The van der Waals surface area contributed by atoms with E-state index in [0.717, 1.165) is 49.2 Å². The van der Waals surface area contributed by atoms with E-state index in [1.807, 2.05) is 6.20 Å². The van der Waals surface area contributed by atoms with Gasteiger partial charge in [-0.1, -0.05) is 31.2 Å². The van der Waals surface area contributed by atoms with E-state index < -0.39 is 0 Å². The van der Waals surface area contributed by atoms with E-state index in [1.165, 1.54) is 17.5 Å². The van der Waals surface area contributed by atoms with E-state index in [0.29, 0.717) is 5.92 Å². The highest BCUT2D eigenvalue weighted by Crippen LogP contribution is 2.36. The van der Waals surface area contributed by atoms with Gasteiger partial charge in [-0.3, -0.25) is 4.98 Å². The molecule has 1 unspecified atom stereocenters. The second-order valence-corrected chi connectivity index (χ2v) is 7.57. The average molecular weight is 345 g/mol. The van der Waals surface area contributed by atoms with Gasteiger partial charge in [0.2, 0.25) is 0 Å². The number of fused-ring (bicyclic) bond motifs is 1. The van der Waals surface area contributed by atoms with Crippen molar-refractivity contribution in [3.05, 3.63) is 54.5 Å². The van der Waals surface area contributed by atoms with Gasteiger partial charge in [-0.15, -0.1) is 0 Å². The molecule has 5 nitrogen and oxygen atoms in total. The number of anilines is 2. The quantitative estimate of drug-likeness (QED) is 0.727. The van der Waals surface area contributed by atoms with Crippen LogP contribution >= 0.6 is 0 Å². The maximum atomic E-state index is 4.86. The summed E-state index contributed by atoms with van der Waals surface area (Å²) in [7, 11) is 0. The summed E-state index contributed by atoms with van der Waals surface area (Å²) in [6.45, 7) is 6.38. The second-order valence-electron chi connectivity index (χ2n) is 7.57. The van der Waals surface area contributed by atoms with Crippen molar-refractivity contribution in [3.63, 3.8) is 0 Å². The normalized spacial score (nSPS) is 20.6. The molecule has 1 atom stereocenters. The molecule has 0 saturated carbocycles. The zero-order chi connectivity index (χ0) is 17.5. The largest absolute Gasteiger partial charge is 0.353 e. The molecule has 2 aliphatic rings. The molecule has 1 aromatic carbocycles. The number of hydrogen-bond donors (Lipinski definition) is 0.